The van der Waals surface area contributed by atoms with Gasteiger partial charge in [0.2, 0.25) is 0 Å². The van der Waals surface area contributed by atoms with Crippen molar-refractivity contribution in [3.63, 3.8) is 0 Å². The summed E-state index contributed by atoms with van der Waals surface area (Å²) in [5, 5.41) is 10.4. The molecule has 0 aromatic heterocycles. The van der Waals surface area contributed by atoms with Crippen molar-refractivity contribution in [3.05, 3.63) is 11.6 Å². The van der Waals surface area contributed by atoms with Crippen molar-refractivity contribution in [3.8, 4) is 0 Å². The van der Waals surface area contributed by atoms with Crippen molar-refractivity contribution in [2.24, 2.45) is 0 Å². The third-order valence-electron chi connectivity index (χ3n) is 3.13. The number of allylic oxidation sites excluding steroid dienone is 1. The van der Waals surface area contributed by atoms with Crippen molar-refractivity contribution in [2.75, 3.05) is 5.75 Å². The van der Waals surface area contributed by atoms with Crippen LogP contribution in [-0.4, -0.2) is 24.7 Å². The monoisotopic (exact) mass is 344 g/mol. The van der Waals surface area contributed by atoms with E-state index in [0.29, 0.717) is 12.0 Å². The molecule has 0 atom stereocenters. The van der Waals surface area contributed by atoms with Gasteiger partial charge in [0.1, 0.15) is 0 Å². The predicted octanol–water partition coefficient (Wildman–Crippen LogP) is -0.915. The molecule has 0 heterocycles. The zero-order valence-corrected chi connectivity index (χ0v) is 17.1. The molecule has 0 aliphatic heterocycles. The van der Waals surface area contributed by atoms with Crippen LogP contribution in [0.2, 0.25) is 0 Å². The van der Waals surface area contributed by atoms with Gasteiger partial charge in [-0.05, 0) is 31.8 Å². The zero-order chi connectivity index (χ0) is 15.4. The summed E-state index contributed by atoms with van der Waals surface area (Å²) in [6.07, 6.45) is 10.1. The molecular formula is C14H25KO5S. The van der Waals surface area contributed by atoms with Gasteiger partial charge in [-0.2, -0.15) is 8.42 Å². The van der Waals surface area contributed by atoms with Crippen LogP contribution in [0.3, 0.4) is 0 Å². The van der Waals surface area contributed by atoms with Crippen LogP contribution < -0.4 is 56.5 Å². The minimum absolute atomic E-state index is 0. The summed E-state index contributed by atoms with van der Waals surface area (Å²) in [6.45, 7) is 1.54. The van der Waals surface area contributed by atoms with E-state index in [1.54, 1.807) is 13.0 Å². The molecular weight excluding hydrogens is 319 g/mol. The van der Waals surface area contributed by atoms with Gasteiger partial charge < -0.3 is 9.90 Å². The summed E-state index contributed by atoms with van der Waals surface area (Å²) in [6, 6.07) is 0. The molecule has 0 fully saturated rings. The Bertz CT molecular complexity index is 404. The minimum Gasteiger partial charge on any atom is -0.545 e. The largest absolute Gasteiger partial charge is 1.00 e. The van der Waals surface area contributed by atoms with Gasteiger partial charge in [0.25, 0.3) is 10.1 Å². The van der Waals surface area contributed by atoms with E-state index in [4.69, 9.17) is 4.55 Å². The number of carboxylic acid groups (broad SMARTS) is 1. The third-order valence-corrected chi connectivity index (χ3v) is 3.93. The second kappa shape index (κ2) is 14.4. The Balaban J connectivity index is 0. The van der Waals surface area contributed by atoms with Crippen LogP contribution in [0.5, 0.6) is 0 Å². The summed E-state index contributed by atoms with van der Waals surface area (Å²) >= 11 is 0. The van der Waals surface area contributed by atoms with Crippen molar-refractivity contribution in [1.82, 2.24) is 0 Å². The Morgan fingerprint density at radius 3 is 1.86 bits per heavy atom. The summed E-state index contributed by atoms with van der Waals surface area (Å²) < 4.78 is 29.5. The van der Waals surface area contributed by atoms with Crippen LogP contribution >= 0.6 is 0 Å². The molecule has 118 valence electrons. The fourth-order valence-electron chi connectivity index (χ4n) is 1.89. The van der Waals surface area contributed by atoms with Gasteiger partial charge in [-0.25, -0.2) is 0 Å². The molecule has 0 bridgehead atoms. The smallest absolute Gasteiger partial charge is 0.545 e. The number of hydrogen-bond acceptors (Lipinski definition) is 4. The van der Waals surface area contributed by atoms with Crippen LogP contribution in [0.4, 0.5) is 0 Å². The summed E-state index contributed by atoms with van der Waals surface area (Å²) in [5.74, 6) is -1.24. The summed E-state index contributed by atoms with van der Waals surface area (Å²) in [4.78, 5) is 10.4. The number of carbonyl (C=O) groups is 1. The number of rotatable bonds is 12. The molecule has 0 rings (SSSR count). The van der Waals surface area contributed by atoms with Gasteiger partial charge in [0, 0.05) is 0 Å². The molecule has 0 aromatic carbocycles. The molecule has 0 aromatic rings. The molecule has 0 aliphatic rings. The fraction of sp³-hybridized carbons (Fsp3) is 0.786. The van der Waals surface area contributed by atoms with Crippen LogP contribution in [0.15, 0.2) is 11.6 Å². The van der Waals surface area contributed by atoms with Crippen LogP contribution in [0, 0.1) is 0 Å². The molecule has 21 heavy (non-hydrogen) atoms. The second-order valence-electron chi connectivity index (χ2n) is 5.08. The predicted molar refractivity (Wildman–Crippen MR) is 76.7 cm³/mol. The van der Waals surface area contributed by atoms with E-state index in [1.807, 2.05) is 0 Å². The SMILES string of the molecule is CC(=CCCCCCCCCCCS(=O)(=O)O)C(=O)[O-].[K+]. The maximum absolute atomic E-state index is 10.5. The number of hydrogen-bond donors (Lipinski definition) is 1. The molecule has 5 nitrogen and oxygen atoms in total. The number of aliphatic carboxylic acids is 1. The number of unbranched alkanes of at least 4 members (excludes halogenated alkanes) is 8. The maximum atomic E-state index is 10.5. The van der Waals surface area contributed by atoms with E-state index in [0.717, 1.165) is 51.4 Å². The van der Waals surface area contributed by atoms with Crippen LogP contribution in [0.25, 0.3) is 0 Å². The van der Waals surface area contributed by atoms with E-state index >= 15 is 0 Å². The van der Waals surface area contributed by atoms with Gasteiger partial charge in [-0.1, -0.05) is 44.6 Å². The van der Waals surface area contributed by atoms with Gasteiger partial charge in [0.15, 0.2) is 0 Å². The van der Waals surface area contributed by atoms with Crippen LogP contribution in [0.1, 0.15) is 64.7 Å². The Morgan fingerprint density at radius 2 is 1.43 bits per heavy atom. The van der Waals surface area contributed by atoms with Gasteiger partial charge >= 0.3 is 51.4 Å². The minimum atomic E-state index is -3.80. The molecule has 0 unspecified atom stereocenters. The van der Waals surface area contributed by atoms with Crippen molar-refractivity contribution < 1.29 is 74.3 Å². The summed E-state index contributed by atoms with van der Waals surface area (Å²) in [7, 11) is -3.80. The first-order valence-corrected chi connectivity index (χ1v) is 8.77. The van der Waals surface area contributed by atoms with Crippen molar-refractivity contribution in [2.45, 2.75) is 64.7 Å². The molecule has 1 N–H and O–H groups in total. The zero-order valence-electron chi connectivity index (χ0n) is 13.1. The van der Waals surface area contributed by atoms with Gasteiger partial charge in [-0.3, -0.25) is 4.55 Å². The van der Waals surface area contributed by atoms with E-state index in [-0.39, 0.29) is 57.1 Å². The topological polar surface area (TPSA) is 94.5 Å². The Hall–Kier alpha value is 0.756. The third kappa shape index (κ3) is 18.7. The van der Waals surface area contributed by atoms with E-state index < -0.39 is 16.1 Å². The van der Waals surface area contributed by atoms with E-state index in [2.05, 4.69) is 0 Å². The Morgan fingerprint density at radius 1 is 1.00 bits per heavy atom. The summed E-state index contributed by atoms with van der Waals surface area (Å²) in [5.41, 5.74) is 0.295. The maximum Gasteiger partial charge on any atom is 1.00 e. The number of carbonyl (C=O) groups excluding carboxylic acids is 1. The standard InChI is InChI=1S/C14H26O5S.K/c1-13(14(15)16)11-9-7-5-3-2-4-6-8-10-12-20(17,18)19;/h11H,2-10,12H2,1H3,(H,15,16)(H,17,18,19);/q;+1/p-1. The molecule has 0 saturated carbocycles. The normalized spacial score (nSPS) is 12.0. The molecule has 0 amide bonds. The molecule has 0 radical (unpaired) electrons. The molecule has 0 spiro atoms. The molecule has 0 aliphatic carbocycles. The van der Waals surface area contributed by atoms with Crippen molar-refractivity contribution in [1.29, 1.82) is 0 Å². The first kappa shape index (κ1) is 24.0. The molecule has 0 saturated heterocycles. The van der Waals surface area contributed by atoms with Gasteiger partial charge in [-0.15, -0.1) is 0 Å². The average molecular weight is 345 g/mol. The first-order chi connectivity index (χ1) is 9.33. The molecule has 7 heteroatoms. The van der Waals surface area contributed by atoms with Crippen LogP contribution in [-0.2, 0) is 14.9 Å². The Kier molecular flexibility index (Phi) is 16.4. The number of carboxylic acids is 1. The van der Waals surface area contributed by atoms with Crippen molar-refractivity contribution >= 4 is 16.1 Å². The first-order valence-electron chi connectivity index (χ1n) is 7.16. The van der Waals surface area contributed by atoms with E-state index in [1.165, 1.54) is 0 Å². The quantitative estimate of drug-likeness (QED) is 0.214. The Labute approximate surface area is 170 Å². The average Bonchev–Trinajstić information content (AvgIpc) is 2.34. The van der Waals surface area contributed by atoms with E-state index in [9.17, 15) is 18.3 Å². The van der Waals surface area contributed by atoms with Gasteiger partial charge in [0.05, 0.1) is 11.7 Å². The fourth-order valence-corrected chi connectivity index (χ4v) is 2.46. The second-order valence-corrected chi connectivity index (χ2v) is 6.65.